The minimum atomic E-state index is -1.25. The fourth-order valence-corrected chi connectivity index (χ4v) is 5.76. The average molecular weight is 570 g/mol. The zero-order valence-electron chi connectivity index (χ0n) is 21.3. The van der Waals surface area contributed by atoms with Crippen LogP contribution in [0.2, 0.25) is 0 Å². The summed E-state index contributed by atoms with van der Waals surface area (Å²) in [5, 5.41) is 0. The molecule has 0 saturated carbocycles. The van der Waals surface area contributed by atoms with Crippen molar-refractivity contribution in [3.8, 4) is 17.6 Å². The van der Waals surface area contributed by atoms with E-state index in [-0.39, 0.29) is 21.4 Å². The number of carbonyl (C=O) groups excluding carboxylic acids is 1. The molecule has 0 radical (unpaired) electrons. The van der Waals surface area contributed by atoms with Crippen molar-refractivity contribution in [1.82, 2.24) is 0 Å². The normalized spacial score (nSPS) is 11.1. The number of benzene rings is 4. The van der Waals surface area contributed by atoms with Crippen LogP contribution in [0.5, 0.6) is 5.75 Å². The van der Waals surface area contributed by atoms with Gasteiger partial charge in [0.25, 0.3) is 0 Å². The van der Waals surface area contributed by atoms with Gasteiger partial charge >= 0.3 is 5.97 Å². The molecule has 4 rings (SSSR count). The zero-order chi connectivity index (χ0) is 28.9. The Morgan fingerprint density at radius 3 is 1.70 bits per heavy atom. The Bertz CT molecular complexity index is 1480. The lowest BCUT2D eigenvalue weighted by molar-refractivity contribution is -0.154. The van der Waals surface area contributed by atoms with E-state index in [9.17, 15) is 26.7 Å². The second kappa shape index (κ2) is 12.3. The standard InChI is InChI=1S/C31H22F5O3S/c1-31(2,12-11-20-3-5-21(32)6-4-20)39-30(37)19-38-26-7-9-27(10-8-26)40(28-15-22(33)13-23(34)16-28)29-17-24(35)14-25(36)18-29/h3-10,13-18H,19H2,1-2H3/q+1. The number of rotatable bonds is 7. The molecule has 0 heterocycles. The topological polar surface area (TPSA) is 35.5 Å². The van der Waals surface area contributed by atoms with Crippen molar-refractivity contribution in [3.05, 3.63) is 120 Å². The molecule has 0 atom stereocenters. The predicted molar refractivity (Wildman–Crippen MR) is 140 cm³/mol. The number of hydrogen-bond donors (Lipinski definition) is 0. The van der Waals surface area contributed by atoms with Crippen molar-refractivity contribution in [2.75, 3.05) is 6.61 Å². The van der Waals surface area contributed by atoms with Crippen LogP contribution in [0.3, 0.4) is 0 Å². The lowest BCUT2D eigenvalue weighted by Gasteiger charge is -2.19. The van der Waals surface area contributed by atoms with Gasteiger partial charge in [-0.3, -0.25) is 0 Å². The van der Waals surface area contributed by atoms with Gasteiger partial charge in [-0.2, -0.15) is 0 Å². The SMILES string of the molecule is CC(C)(C#Cc1ccc(F)cc1)OC(=O)COc1ccc([S+](c2cc(F)cc(F)c2)c2cc(F)cc(F)c2)cc1. The van der Waals surface area contributed by atoms with E-state index < -0.39 is 52.3 Å². The molecule has 0 aliphatic heterocycles. The predicted octanol–water partition coefficient (Wildman–Crippen LogP) is 7.23. The maximum Gasteiger partial charge on any atom is 0.345 e. The van der Waals surface area contributed by atoms with E-state index in [1.807, 2.05) is 0 Å². The number of halogens is 5. The van der Waals surface area contributed by atoms with Crippen molar-refractivity contribution in [3.63, 3.8) is 0 Å². The number of esters is 1. The van der Waals surface area contributed by atoms with Crippen LogP contribution >= 0.6 is 0 Å². The largest absolute Gasteiger partial charge is 0.482 e. The van der Waals surface area contributed by atoms with Crippen molar-refractivity contribution in [2.45, 2.75) is 34.1 Å². The summed E-state index contributed by atoms with van der Waals surface area (Å²) in [6.45, 7) is 2.76. The van der Waals surface area contributed by atoms with Crippen molar-refractivity contribution in [2.24, 2.45) is 0 Å². The van der Waals surface area contributed by atoms with E-state index in [1.54, 1.807) is 26.0 Å². The monoisotopic (exact) mass is 569 g/mol. The van der Waals surface area contributed by atoms with Crippen molar-refractivity contribution >= 4 is 16.9 Å². The van der Waals surface area contributed by atoms with Crippen molar-refractivity contribution in [1.29, 1.82) is 0 Å². The fourth-order valence-electron chi connectivity index (χ4n) is 3.61. The van der Waals surface area contributed by atoms with E-state index in [4.69, 9.17) is 9.47 Å². The molecule has 0 spiro atoms. The highest BCUT2D eigenvalue weighted by Gasteiger charge is 2.31. The molecule has 0 amide bonds. The molecule has 204 valence electrons. The lowest BCUT2D eigenvalue weighted by atomic mass is 10.1. The minimum absolute atomic E-state index is 0.184. The molecule has 9 heteroatoms. The summed E-state index contributed by atoms with van der Waals surface area (Å²) in [7, 11) is -1.25. The van der Waals surface area contributed by atoms with Gasteiger partial charge in [0.2, 0.25) is 0 Å². The summed E-state index contributed by atoms with van der Waals surface area (Å²) < 4.78 is 80.0. The van der Waals surface area contributed by atoms with Gasteiger partial charge in [0, 0.05) is 42.0 Å². The van der Waals surface area contributed by atoms with Gasteiger partial charge < -0.3 is 9.47 Å². The Hall–Kier alpha value is -4.29. The van der Waals surface area contributed by atoms with Gasteiger partial charge in [0.05, 0.1) is 10.9 Å². The van der Waals surface area contributed by atoms with Gasteiger partial charge in [-0.05, 0) is 62.4 Å². The van der Waals surface area contributed by atoms with Crippen LogP contribution in [0.15, 0.2) is 99.6 Å². The molecule has 0 unspecified atom stereocenters. The second-order valence-electron chi connectivity index (χ2n) is 9.02. The lowest BCUT2D eigenvalue weighted by Crippen LogP contribution is -2.29. The third-order valence-corrected chi connectivity index (χ3v) is 7.44. The molecule has 0 saturated heterocycles. The first-order valence-electron chi connectivity index (χ1n) is 11.9. The van der Waals surface area contributed by atoms with Crippen molar-refractivity contribution < 1.29 is 36.2 Å². The van der Waals surface area contributed by atoms with Crippen LogP contribution in [0.25, 0.3) is 0 Å². The number of carbonyl (C=O) groups is 1. The van der Waals surface area contributed by atoms with Gasteiger partial charge in [0.1, 0.15) is 34.8 Å². The van der Waals surface area contributed by atoms with Crippen LogP contribution in [0.4, 0.5) is 22.0 Å². The summed E-state index contributed by atoms with van der Waals surface area (Å²) >= 11 is 0. The summed E-state index contributed by atoms with van der Waals surface area (Å²) in [6, 6.07) is 17.6. The highest BCUT2D eigenvalue weighted by molar-refractivity contribution is 7.97. The fraction of sp³-hybridized carbons (Fsp3) is 0.129. The Balaban J connectivity index is 1.47. The first kappa shape index (κ1) is 28.7. The van der Waals surface area contributed by atoms with Crippen LogP contribution in [-0.4, -0.2) is 18.2 Å². The van der Waals surface area contributed by atoms with E-state index in [0.717, 1.165) is 24.3 Å². The highest BCUT2D eigenvalue weighted by atomic mass is 32.2. The molecule has 0 aliphatic carbocycles. The molecule has 0 bridgehead atoms. The van der Waals surface area contributed by atoms with Gasteiger partial charge in [-0.15, -0.1) is 0 Å². The van der Waals surface area contributed by atoms with E-state index in [0.29, 0.717) is 22.6 Å². The summed E-state index contributed by atoms with van der Waals surface area (Å²) in [5.74, 6) is 1.55. The summed E-state index contributed by atoms with van der Waals surface area (Å²) in [4.78, 5) is 13.2. The maximum absolute atomic E-state index is 14.0. The third kappa shape index (κ3) is 7.87. The number of ether oxygens (including phenoxy) is 2. The van der Waals surface area contributed by atoms with E-state index in [2.05, 4.69) is 11.8 Å². The molecular weight excluding hydrogens is 547 g/mol. The highest BCUT2D eigenvalue weighted by Crippen LogP contribution is 2.34. The molecule has 40 heavy (non-hydrogen) atoms. The van der Waals surface area contributed by atoms with Crippen LogP contribution in [0.1, 0.15) is 19.4 Å². The molecule has 0 aromatic heterocycles. The Morgan fingerprint density at radius 1 is 0.700 bits per heavy atom. The van der Waals surface area contributed by atoms with Gasteiger partial charge in [-0.25, -0.2) is 26.7 Å². The quantitative estimate of drug-likeness (QED) is 0.102. The maximum atomic E-state index is 14.0. The van der Waals surface area contributed by atoms with Gasteiger partial charge in [-0.1, -0.05) is 11.8 Å². The Labute approximate surface area is 230 Å². The van der Waals surface area contributed by atoms with E-state index in [1.165, 1.54) is 36.4 Å². The summed E-state index contributed by atoms with van der Waals surface area (Å²) in [5.41, 5.74) is -0.587. The second-order valence-corrected chi connectivity index (χ2v) is 11.0. The third-order valence-electron chi connectivity index (χ3n) is 5.28. The molecule has 4 aromatic carbocycles. The Morgan fingerprint density at radius 2 is 1.20 bits per heavy atom. The van der Waals surface area contributed by atoms with E-state index >= 15 is 0 Å². The molecule has 0 fully saturated rings. The first-order chi connectivity index (χ1) is 19.0. The zero-order valence-corrected chi connectivity index (χ0v) is 22.1. The summed E-state index contributed by atoms with van der Waals surface area (Å²) in [6.07, 6.45) is 0. The molecule has 3 nitrogen and oxygen atoms in total. The first-order valence-corrected chi connectivity index (χ1v) is 13.1. The van der Waals surface area contributed by atoms with Crippen LogP contribution < -0.4 is 4.74 Å². The number of hydrogen-bond acceptors (Lipinski definition) is 3. The molecular formula is C31H22F5O3S+. The smallest absolute Gasteiger partial charge is 0.345 e. The Kier molecular flexibility index (Phi) is 8.80. The molecule has 0 N–H and O–H groups in total. The molecule has 0 aliphatic rings. The average Bonchev–Trinajstić information content (AvgIpc) is 2.87. The molecule has 4 aromatic rings. The van der Waals surface area contributed by atoms with Gasteiger partial charge in [0.15, 0.2) is 26.9 Å². The van der Waals surface area contributed by atoms with Crippen LogP contribution in [-0.2, 0) is 20.4 Å². The van der Waals surface area contributed by atoms with Crippen LogP contribution in [0, 0.1) is 40.9 Å². The minimum Gasteiger partial charge on any atom is -0.482 e.